The zero-order valence-corrected chi connectivity index (χ0v) is 25.9. The zero-order chi connectivity index (χ0) is 29.7. The molecule has 1 saturated carbocycles. The Kier molecular flexibility index (Phi) is 10.2. The highest BCUT2D eigenvalue weighted by Crippen LogP contribution is 2.30. The van der Waals surface area contributed by atoms with Gasteiger partial charge in [-0.05, 0) is 74.2 Å². The third-order valence-electron chi connectivity index (χ3n) is 7.26. The molecular weight excluding hydrogens is 605 g/mol. The number of hydrogen-bond acceptors (Lipinski definition) is 4. The summed E-state index contributed by atoms with van der Waals surface area (Å²) in [4.78, 5) is 28.8. The molecule has 0 bridgehead atoms. The third-order valence-corrected chi connectivity index (χ3v) is 10.0. The summed E-state index contributed by atoms with van der Waals surface area (Å²) in [6, 6.07) is 16.9. The fraction of sp³-hybridized carbons (Fsp3) is 0.333. The molecule has 0 aliphatic heterocycles. The van der Waals surface area contributed by atoms with Gasteiger partial charge in [0, 0.05) is 17.6 Å². The number of halogens is 3. The van der Waals surface area contributed by atoms with Crippen LogP contribution in [0.3, 0.4) is 0 Å². The van der Waals surface area contributed by atoms with Crippen molar-refractivity contribution in [3.05, 3.63) is 92.9 Å². The summed E-state index contributed by atoms with van der Waals surface area (Å²) >= 11 is 18.6. The van der Waals surface area contributed by atoms with E-state index in [0.29, 0.717) is 26.2 Å². The van der Waals surface area contributed by atoms with Gasteiger partial charge in [-0.25, -0.2) is 8.42 Å². The molecule has 1 atom stereocenters. The van der Waals surface area contributed by atoms with Gasteiger partial charge in [0.1, 0.15) is 12.6 Å². The van der Waals surface area contributed by atoms with Crippen molar-refractivity contribution >= 4 is 62.3 Å². The van der Waals surface area contributed by atoms with Gasteiger partial charge >= 0.3 is 0 Å². The molecule has 0 heterocycles. The van der Waals surface area contributed by atoms with Crippen molar-refractivity contribution in [2.75, 3.05) is 10.8 Å². The van der Waals surface area contributed by atoms with Crippen molar-refractivity contribution in [3.63, 3.8) is 0 Å². The quantitative estimate of drug-likeness (QED) is 0.271. The van der Waals surface area contributed by atoms with Crippen LogP contribution in [-0.2, 0) is 26.2 Å². The van der Waals surface area contributed by atoms with Gasteiger partial charge in [0.25, 0.3) is 10.0 Å². The second-order valence-electron chi connectivity index (χ2n) is 10.2. The lowest BCUT2D eigenvalue weighted by molar-refractivity contribution is -0.139. The fourth-order valence-electron chi connectivity index (χ4n) is 4.89. The average Bonchev–Trinajstić information content (AvgIpc) is 3.46. The van der Waals surface area contributed by atoms with Crippen molar-refractivity contribution in [1.82, 2.24) is 10.2 Å². The highest BCUT2D eigenvalue weighted by molar-refractivity contribution is 7.92. The van der Waals surface area contributed by atoms with Crippen molar-refractivity contribution in [1.29, 1.82) is 0 Å². The Hall–Kier alpha value is -2.78. The van der Waals surface area contributed by atoms with Crippen LogP contribution in [0.15, 0.2) is 71.6 Å². The van der Waals surface area contributed by atoms with Crippen LogP contribution in [0.2, 0.25) is 15.1 Å². The first-order chi connectivity index (χ1) is 19.5. The lowest BCUT2D eigenvalue weighted by atomic mass is 10.1. The first kappa shape index (κ1) is 31.2. The van der Waals surface area contributed by atoms with Crippen molar-refractivity contribution in [2.24, 2.45) is 0 Å². The predicted octanol–water partition coefficient (Wildman–Crippen LogP) is 6.63. The number of nitrogens with one attached hydrogen (secondary N) is 1. The van der Waals surface area contributed by atoms with Gasteiger partial charge in [-0.3, -0.25) is 13.9 Å². The molecule has 3 aromatic carbocycles. The molecule has 1 aliphatic carbocycles. The van der Waals surface area contributed by atoms with Crippen molar-refractivity contribution in [3.8, 4) is 0 Å². The van der Waals surface area contributed by atoms with Gasteiger partial charge < -0.3 is 10.2 Å². The topological polar surface area (TPSA) is 86.8 Å². The second-order valence-corrected chi connectivity index (χ2v) is 13.3. The molecule has 0 spiro atoms. The zero-order valence-electron chi connectivity index (χ0n) is 22.8. The number of amides is 2. The van der Waals surface area contributed by atoms with Gasteiger partial charge in [0.2, 0.25) is 11.8 Å². The van der Waals surface area contributed by atoms with E-state index in [1.165, 1.54) is 23.1 Å². The van der Waals surface area contributed by atoms with E-state index in [0.717, 1.165) is 30.0 Å². The molecular formula is C30H32Cl3N3O4S. The number of nitrogens with zero attached hydrogens (tertiary/aromatic N) is 2. The number of hydrogen-bond donors (Lipinski definition) is 1. The van der Waals surface area contributed by atoms with Crippen LogP contribution in [0.1, 0.15) is 43.7 Å². The van der Waals surface area contributed by atoms with Crippen LogP contribution in [0.5, 0.6) is 0 Å². The smallest absolute Gasteiger partial charge is 0.264 e. The average molecular weight is 637 g/mol. The highest BCUT2D eigenvalue weighted by Gasteiger charge is 2.34. The SMILES string of the molecule is Cc1ccc(Cl)cc1N(CC(=O)N(Cc1ccc(Cl)c(Cl)c1)C(C)C(=O)NC1CCCC1)S(=O)(=O)c1ccccc1. The molecule has 4 rings (SSSR count). The lowest BCUT2D eigenvalue weighted by Crippen LogP contribution is -2.52. The summed E-state index contributed by atoms with van der Waals surface area (Å²) in [7, 11) is -4.18. The Morgan fingerprint density at radius 3 is 2.29 bits per heavy atom. The van der Waals surface area contributed by atoms with Gasteiger partial charge in [-0.1, -0.05) is 78.0 Å². The third kappa shape index (κ3) is 7.55. The van der Waals surface area contributed by atoms with E-state index in [-0.39, 0.29) is 29.1 Å². The largest absolute Gasteiger partial charge is 0.352 e. The van der Waals surface area contributed by atoms with Crippen LogP contribution in [0, 0.1) is 6.92 Å². The Labute approximate surface area is 256 Å². The summed E-state index contributed by atoms with van der Waals surface area (Å²) in [5, 5.41) is 4.04. The first-order valence-corrected chi connectivity index (χ1v) is 15.9. The summed E-state index contributed by atoms with van der Waals surface area (Å²) < 4.78 is 28.9. The number of sulfonamides is 1. The maximum atomic E-state index is 14.1. The highest BCUT2D eigenvalue weighted by atomic mass is 35.5. The molecule has 218 valence electrons. The molecule has 1 N–H and O–H groups in total. The minimum atomic E-state index is -4.18. The van der Waals surface area contributed by atoms with Crippen LogP contribution >= 0.6 is 34.8 Å². The Bertz CT molecular complexity index is 1510. The van der Waals surface area contributed by atoms with E-state index in [1.54, 1.807) is 62.4 Å². The second kappa shape index (κ2) is 13.5. The number of carbonyl (C=O) groups excluding carboxylic acids is 2. The molecule has 7 nitrogen and oxygen atoms in total. The summed E-state index contributed by atoms with van der Waals surface area (Å²) in [6.45, 7) is 2.85. The normalized spacial score (nSPS) is 14.5. The molecule has 1 unspecified atom stereocenters. The van der Waals surface area contributed by atoms with E-state index < -0.39 is 28.5 Å². The first-order valence-electron chi connectivity index (χ1n) is 13.3. The summed E-state index contributed by atoms with van der Waals surface area (Å²) in [6.07, 6.45) is 3.85. The summed E-state index contributed by atoms with van der Waals surface area (Å²) in [5.74, 6) is -0.870. The predicted molar refractivity (Wildman–Crippen MR) is 164 cm³/mol. The van der Waals surface area contributed by atoms with Crippen LogP contribution < -0.4 is 9.62 Å². The monoisotopic (exact) mass is 635 g/mol. The van der Waals surface area contributed by atoms with Crippen molar-refractivity contribution < 1.29 is 18.0 Å². The maximum absolute atomic E-state index is 14.1. The Morgan fingerprint density at radius 1 is 0.951 bits per heavy atom. The number of aryl methyl sites for hydroxylation is 1. The standard InChI is InChI=1S/C30H32Cl3N3O4S/c1-20-12-14-23(31)17-28(20)36(41(39,40)25-10-4-3-5-11-25)19-29(37)35(18-22-13-15-26(32)27(33)16-22)21(2)30(38)34-24-8-6-7-9-24/h3-5,10-17,21,24H,6-9,18-19H2,1-2H3,(H,34,38). The molecule has 1 fully saturated rings. The Balaban J connectivity index is 1.72. The number of rotatable bonds is 10. The Morgan fingerprint density at radius 2 is 1.63 bits per heavy atom. The van der Waals surface area contributed by atoms with Gasteiger partial charge in [0.05, 0.1) is 20.6 Å². The minimum absolute atomic E-state index is 0.0166. The van der Waals surface area contributed by atoms with Crippen LogP contribution in [0.25, 0.3) is 0 Å². The van der Waals surface area contributed by atoms with Crippen LogP contribution in [0.4, 0.5) is 5.69 Å². The minimum Gasteiger partial charge on any atom is -0.352 e. The van der Waals surface area contributed by atoms with E-state index >= 15 is 0 Å². The molecule has 0 aromatic heterocycles. The van der Waals surface area contributed by atoms with Gasteiger partial charge in [-0.15, -0.1) is 0 Å². The van der Waals surface area contributed by atoms with Gasteiger partial charge in [-0.2, -0.15) is 0 Å². The maximum Gasteiger partial charge on any atom is 0.264 e. The number of anilines is 1. The molecule has 41 heavy (non-hydrogen) atoms. The summed E-state index contributed by atoms with van der Waals surface area (Å²) in [5.41, 5.74) is 1.53. The molecule has 11 heteroatoms. The molecule has 2 amide bonds. The van der Waals surface area contributed by atoms with E-state index in [4.69, 9.17) is 34.8 Å². The molecule has 1 aliphatic rings. The van der Waals surface area contributed by atoms with E-state index in [1.807, 2.05) is 0 Å². The van der Waals surface area contributed by atoms with Crippen molar-refractivity contribution in [2.45, 2.75) is 63.1 Å². The lowest BCUT2D eigenvalue weighted by Gasteiger charge is -2.33. The molecule has 0 radical (unpaired) electrons. The van der Waals surface area contributed by atoms with E-state index in [2.05, 4.69) is 5.32 Å². The number of carbonyl (C=O) groups is 2. The van der Waals surface area contributed by atoms with E-state index in [9.17, 15) is 18.0 Å². The fourth-order valence-corrected chi connectivity index (χ4v) is 6.87. The number of benzene rings is 3. The van der Waals surface area contributed by atoms with Gasteiger partial charge in [0.15, 0.2) is 0 Å². The van der Waals surface area contributed by atoms with Crippen LogP contribution in [-0.4, -0.2) is 43.8 Å². The molecule has 3 aromatic rings. The molecule has 0 saturated heterocycles.